The molecule has 0 aliphatic carbocycles. The van der Waals surface area contributed by atoms with Crippen LogP contribution in [-0.2, 0) is 6.54 Å². The Morgan fingerprint density at radius 2 is 1.81 bits per heavy atom. The Morgan fingerprint density at radius 1 is 1.06 bits per heavy atom. The van der Waals surface area contributed by atoms with Crippen LogP contribution in [0.2, 0.25) is 0 Å². The molecule has 1 aromatic heterocycles. The molecule has 1 amide bonds. The van der Waals surface area contributed by atoms with Crippen molar-refractivity contribution in [3.05, 3.63) is 70.3 Å². The molecule has 0 bridgehead atoms. The maximum atomic E-state index is 13.1. The number of hydrogen-bond donors (Lipinski definition) is 0. The van der Waals surface area contributed by atoms with Crippen LogP contribution in [0, 0.1) is 0 Å². The Hall–Kier alpha value is -3.19. The molecule has 1 aliphatic rings. The van der Waals surface area contributed by atoms with Crippen molar-refractivity contribution >= 4 is 16.8 Å². The van der Waals surface area contributed by atoms with Crippen LogP contribution in [0.3, 0.4) is 0 Å². The highest BCUT2D eigenvalue weighted by Gasteiger charge is 2.29. The number of para-hydroxylation sites is 1. The molecule has 0 spiro atoms. The van der Waals surface area contributed by atoms with Crippen LogP contribution < -0.4 is 10.3 Å². The second-order valence-corrected chi connectivity index (χ2v) is 8.02. The zero-order valence-corrected chi connectivity index (χ0v) is 19.0. The SMILES string of the molecule is CCC(c1nc2ccccc2c(=O)n1CC)N1CCN(C(=O)c2cccc(OC)c2)CC1. The van der Waals surface area contributed by atoms with Gasteiger partial charge < -0.3 is 9.64 Å². The average molecular weight is 435 g/mol. The molecule has 1 unspecified atom stereocenters. The second-order valence-electron chi connectivity index (χ2n) is 8.02. The Morgan fingerprint density at radius 3 is 2.50 bits per heavy atom. The molecular weight excluding hydrogens is 404 g/mol. The first kappa shape index (κ1) is 22.0. The first-order valence-corrected chi connectivity index (χ1v) is 11.2. The predicted octanol–water partition coefficient (Wildman–Crippen LogP) is 3.33. The average Bonchev–Trinajstić information content (AvgIpc) is 2.85. The third-order valence-electron chi connectivity index (χ3n) is 6.25. The number of ether oxygens (including phenoxy) is 1. The third-order valence-corrected chi connectivity index (χ3v) is 6.25. The van der Waals surface area contributed by atoms with Gasteiger partial charge in [0.1, 0.15) is 11.6 Å². The van der Waals surface area contributed by atoms with E-state index in [9.17, 15) is 9.59 Å². The highest BCUT2D eigenvalue weighted by molar-refractivity contribution is 5.94. The summed E-state index contributed by atoms with van der Waals surface area (Å²) in [4.78, 5) is 35.2. The highest BCUT2D eigenvalue weighted by Crippen LogP contribution is 2.25. The summed E-state index contributed by atoms with van der Waals surface area (Å²) in [5.41, 5.74) is 1.39. The van der Waals surface area contributed by atoms with Crippen LogP contribution in [-0.4, -0.2) is 58.5 Å². The van der Waals surface area contributed by atoms with Crippen molar-refractivity contribution in [1.82, 2.24) is 19.4 Å². The lowest BCUT2D eigenvalue weighted by atomic mass is 10.1. The number of rotatable bonds is 6. The van der Waals surface area contributed by atoms with E-state index in [4.69, 9.17) is 9.72 Å². The smallest absolute Gasteiger partial charge is 0.261 e. The lowest BCUT2D eigenvalue weighted by molar-refractivity contribution is 0.0548. The van der Waals surface area contributed by atoms with E-state index in [1.807, 2.05) is 54.3 Å². The fraction of sp³-hybridized carbons (Fsp3) is 0.400. The van der Waals surface area contributed by atoms with Gasteiger partial charge in [0.2, 0.25) is 0 Å². The van der Waals surface area contributed by atoms with Gasteiger partial charge in [-0.15, -0.1) is 0 Å². The molecule has 1 atom stereocenters. The van der Waals surface area contributed by atoms with E-state index < -0.39 is 0 Å². The van der Waals surface area contributed by atoms with Crippen molar-refractivity contribution in [2.24, 2.45) is 0 Å². The minimum Gasteiger partial charge on any atom is -0.497 e. The van der Waals surface area contributed by atoms with Gasteiger partial charge in [0.15, 0.2) is 0 Å². The van der Waals surface area contributed by atoms with E-state index in [0.29, 0.717) is 36.3 Å². The van der Waals surface area contributed by atoms with E-state index in [2.05, 4.69) is 11.8 Å². The van der Waals surface area contributed by atoms with Crippen molar-refractivity contribution < 1.29 is 9.53 Å². The van der Waals surface area contributed by atoms with Gasteiger partial charge in [-0.05, 0) is 43.7 Å². The summed E-state index contributed by atoms with van der Waals surface area (Å²) in [7, 11) is 1.60. The van der Waals surface area contributed by atoms with Crippen LogP contribution in [0.5, 0.6) is 5.75 Å². The van der Waals surface area contributed by atoms with Gasteiger partial charge in [0, 0.05) is 38.3 Å². The van der Waals surface area contributed by atoms with E-state index >= 15 is 0 Å². The fourth-order valence-corrected chi connectivity index (χ4v) is 4.52. The van der Waals surface area contributed by atoms with Crippen LogP contribution in [0.4, 0.5) is 0 Å². The van der Waals surface area contributed by atoms with E-state index in [1.54, 1.807) is 17.7 Å². The molecule has 7 heteroatoms. The number of piperazine rings is 1. The maximum Gasteiger partial charge on any atom is 0.261 e. The summed E-state index contributed by atoms with van der Waals surface area (Å²) in [6.07, 6.45) is 0.842. The molecule has 32 heavy (non-hydrogen) atoms. The summed E-state index contributed by atoms with van der Waals surface area (Å²) in [6, 6.07) is 14.8. The summed E-state index contributed by atoms with van der Waals surface area (Å²) < 4.78 is 7.05. The number of nitrogens with zero attached hydrogens (tertiary/aromatic N) is 4. The van der Waals surface area contributed by atoms with Gasteiger partial charge in [-0.25, -0.2) is 4.98 Å². The van der Waals surface area contributed by atoms with Crippen molar-refractivity contribution in [2.45, 2.75) is 32.9 Å². The Kier molecular flexibility index (Phi) is 6.55. The van der Waals surface area contributed by atoms with Gasteiger partial charge in [-0.1, -0.05) is 25.1 Å². The molecule has 1 fully saturated rings. The fourth-order valence-electron chi connectivity index (χ4n) is 4.52. The normalized spacial score (nSPS) is 15.7. The zero-order chi connectivity index (χ0) is 22.7. The van der Waals surface area contributed by atoms with Crippen molar-refractivity contribution in [2.75, 3.05) is 33.3 Å². The molecule has 0 saturated carbocycles. The Labute approximate surface area is 188 Å². The molecule has 0 radical (unpaired) electrons. The quantitative estimate of drug-likeness (QED) is 0.595. The molecule has 4 rings (SSSR count). The molecule has 2 heterocycles. The number of methoxy groups -OCH3 is 1. The summed E-state index contributed by atoms with van der Waals surface area (Å²) >= 11 is 0. The van der Waals surface area contributed by atoms with E-state index in [0.717, 1.165) is 30.9 Å². The molecule has 3 aromatic rings. The van der Waals surface area contributed by atoms with Gasteiger partial charge in [-0.3, -0.25) is 19.1 Å². The molecule has 1 saturated heterocycles. The van der Waals surface area contributed by atoms with Gasteiger partial charge in [-0.2, -0.15) is 0 Å². The number of carbonyl (C=O) groups excluding carboxylic acids is 1. The monoisotopic (exact) mass is 434 g/mol. The Bertz CT molecular complexity index is 1170. The van der Waals surface area contributed by atoms with Crippen LogP contribution in [0.1, 0.15) is 42.5 Å². The van der Waals surface area contributed by atoms with Crippen molar-refractivity contribution in [1.29, 1.82) is 0 Å². The molecule has 2 aromatic carbocycles. The van der Waals surface area contributed by atoms with E-state index in [-0.39, 0.29) is 17.5 Å². The predicted molar refractivity (Wildman–Crippen MR) is 125 cm³/mol. The largest absolute Gasteiger partial charge is 0.497 e. The third kappa shape index (κ3) is 4.12. The topological polar surface area (TPSA) is 67.7 Å². The number of fused-ring (bicyclic) bond motifs is 1. The number of amides is 1. The minimum atomic E-state index is 0.0124. The first-order chi connectivity index (χ1) is 15.6. The number of benzene rings is 2. The summed E-state index contributed by atoms with van der Waals surface area (Å²) in [6.45, 7) is 7.43. The lowest BCUT2D eigenvalue weighted by Gasteiger charge is -2.39. The molecular formula is C25H30N4O3. The Balaban J connectivity index is 1.55. The first-order valence-electron chi connectivity index (χ1n) is 11.2. The van der Waals surface area contributed by atoms with Gasteiger partial charge in [0.05, 0.1) is 24.1 Å². The maximum absolute atomic E-state index is 13.1. The van der Waals surface area contributed by atoms with Crippen LogP contribution in [0.15, 0.2) is 53.3 Å². The molecule has 0 N–H and O–H groups in total. The molecule has 1 aliphatic heterocycles. The van der Waals surface area contributed by atoms with Crippen LogP contribution in [0.25, 0.3) is 10.9 Å². The van der Waals surface area contributed by atoms with Gasteiger partial charge >= 0.3 is 0 Å². The number of carbonyl (C=O) groups is 1. The van der Waals surface area contributed by atoms with Crippen molar-refractivity contribution in [3.8, 4) is 5.75 Å². The van der Waals surface area contributed by atoms with Crippen LogP contribution >= 0.6 is 0 Å². The lowest BCUT2D eigenvalue weighted by Crippen LogP contribution is -2.50. The molecule has 7 nitrogen and oxygen atoms in total. The molecule has 168 valence electrons. The van der Waals surface area contributed by atoms with Gasteiger partial charge in [0.25, 0.3) is 11.5 Å². The standard InChI is InChI=1S/C25H30N4O3/c1-4-22(23-26-21-12-7-6-11-20(21)25(31)29(23)5-2)27-13-15-28(16-14-27)24(30)18-9-8-10-19(17-18)32-3/h6-12,17,22H,4-5,13-16H2,1-3H3. The van der Waals surface area contributed by atoms with E-state index in [1.165, 1.54) is 0 Å². The number of hydrogen-bond acceptors (Lipinski definition) is 5. The van der Waals surface area contributed by atoms with Crippen molar-refractivity contribution in [3.63, 3.8) is 0 Å². The highest BCUT2D eigenvalue weighted by atomic mass is 16.5. The summed E-state index contributed by atoms with van der Waals surface area (Å²) in [5, 5.41) is 0.654. The second kappa shape index (κ2) is 9.53. The zero-order valence-electron chi connectivity index (χ0n) is 19.0. The minimum absolute atomic E-state index is 0.0124. The summed E-state index contributed by atoms with van der Waals surface area (Å²) in [5.74, 6) is 1.51. The number of aromatic nitrogens is 2.